The fourth-order valence-corrected chi connectivity index (χ4v) is 3.26. The number of methoxy groups -OCH3 is 1. The van der Waals surface area contributed by atoms with Gasteiger partial charge in [-0.05, 0) is 77.3 Å². The van der Waals surface area contributed by atoms with Crippen LogP contribution in [0.1, 0.15) is 20.7 Å². The van der Waals surface area contributed by atoms with E-state index < -0.39 is 21.8 Å². The monoisotopic (exact) mass is 585 g/mol. The number of thiocarbonyl (C=S) groups is 1. The Labute approximate surface area is 201 Å². The number of ether oxygens (including phenoxy) is 1. The first-order valence-electron chi connectivity index (χ1n) is 7.99. The molecule has 0 aliphatic carbocycles. The second-order valence-electron chi connectivity index (χ2n) is 5.63. The summed E-state index contributed by atoms with van der Waals surface area (Å²) in [6, 6.07) is 13.4. The fourth-order valence-electron chi connectivity index (χ4n) is 2.15. The molecule has 0 aliphatic heterocycles. The average molecular weight is 587 g/mol. The Morgan fingerprint density at radius 3 is 2.28 bits per heavy atom. The lowest BCUT2D eigenvalue weighted by atomic mass is 10.2. The van der Waals surface area contributed by atoms with Gasteiger partial charge in [0.15, 0.2) is 5.11 Å². The topological polar surface area (TPSA) is 79.5 Å². The molecule has 6 nitrogen and oxygen atoms in total. The molecule has 0 aliphatic rings. The molecule has 0 saturated heterocycles. The molecule has 154 valence electrons. The summed E-state index contributed by atoms with van der Waals surface area (Å²) in [7, 11) is 1.30. The number of esters is 1. The third-order valence-corrected chi connectivity index (χ3v) is 5.07. The number of carbonyl (C=O) groups excluding carboxylic acids is 2. The normalized spacial score (nSPS) is 11.9. The molecule has 0 bridgehead atoms. The minimum absolute atomic E-state index is 0.107. The molecular formula is C18H15Cl3IN3O3S. The number of rotatable bonds is 5. The van der Waals surface area contributed by atoms with Crippen LogP contribution in [0.3, 0.4) is 0 Å². The summed E-state index contributed by atoms with van der Waals surface area (Å²) in [5, 5.41) is 8.38. The minimum atomic E-state index is -1.88. The van der Waals surface area contributed by atoms with Crippen molar-refractivity contribution < 1.29 is 14.3 Å². The molecular weight excluding hydrogens is 572 g/mol. The van der Waals surface area contributed by atoms with Crippen molar-refractivity contribution in [2.75, 3.05) is 12.4 Å². The number of hydrogen-bond acceptors (Lipinski definition) is 4. The van der Waals surface area contributed by atoms with Crippen molar-refractivity contribution in [2.24, 2.45) is 0 Å². The van der Waals surface area contributed by atoms with E-state index in [2.05, 4.69) is 43.3 Å². The summed E-state index contributed by atoms with van der Waals surface area (Å²) in [5.74, 6) is -0.885. The molecule has 0 radical (unpaired) electrons. The van der Waals surface area contributed by atoms with E-state index in [-0.39, 0.29) is 5.11 Å². The summed E-state index contributed by atoms with van der Waals surface area (Å²) < 4.78 is 3.66. The molecule has 0 heterocycles. The standard InChI is InChI=1S/C18H15Cl3IN3O3S/c1-28-15(27)10-5-7-13(8-6-10)23-17(29)25-16(18(19,20)21)24-14(26)11-3-2-4-12(22)9-11/h2-9,16H,1H3,(H,24,26)(H2,23,25,29). The number of amides is 1. The third kappa shape index (κ3) is 7.45. The largest absolute Gasteiger partial charge is 0.465 e. The molecule has 2 rings (SSSR count). The lowest BCUT2D eigenvalue weighted by molar-refractivity contribution is 0.0600. The number of anilines is 1. The lowest BCUT2D eigenvalue weighted by Crippen LogP contribution is -2.56. The van der Waals surface area contributed by atoms with Gasteiger partial charge in [-0.2, -0.15) is 0 Å². The van der Waals surface area contributed by atoms with E-state index in [4.69, 9.17) is 47.0 Å². The Balaban J connectivity index is 2.05. The summed E-state index contributed by atoms with van der Waals surface area (Å²) in [4.78, 5) is 24.0. The fraction of sp³-hybridized carbons (Fsp3) is 0.167. The average Bonchev–Trinajstić information content (AvgIpc) is 2.66. The summed E-state index contributed by atoms with van der Waals surface area (Å²) >= 11 is 25.3. The van der Waals surface area contributed by atoms with Crippen molar-refractivity contribution in [3.05, 3.63) is 63.2 Å². The Morgan fingerprint density at radius 2 is 1.72 bits per heavy atom. The summed E-state index contributed by atoms with van der Waals surface area (Å²) in [6.07, 6.45) is -1.10. The summed E-state index contributed by atoms with van der Waals surface area (Å²) in [5.41, 5.74) is 1.39. The van der Waals surface area contributed by atoms with Crippen molar-refractivity contribution in [1.29, 1.82) is 0 Å². The van der Waals surface area contributed by atoms with Crippen molar-refractivity contribution in [3.8, 4) is 0 Å². The van der Waals surface area contributed by atoms with Crippen molar-refractivity contribution in [2.45, 2.75) is 9.96 Å². The van der Waals surface area contributed by atoms with Crippen LogP contribution >= 0.6 is 69.6 Å². The van der Waals surface area contributed by atoms with Crippen LogP contribution in [0, 0.1) is 3.57 Å². The number of hydrogen-bond donors (Lipinski definition) is 3. The highest BCUT2D eigenvalue weighted by Gasteiger charge is 2.35. The molecule has 0 saturated carbocycles. The summed E-state index contributed by atoms with van der Waals surface area (Å²) in [6.45, 7) is 0. The number of alkyl halides is 3. The van der Waals surface area contributed by atoms with Crippen LogP contribution in [0.25, 0.3) is 0 Å². The van der Waals surface area contributed by atoms with E-state index in [1.165, 1.54) is 7.11 Å². The van der Waals surface area contributed by atoms with E-state index in [9.17, 15) is 9.59 Å². The van der Waals surface area contributed by atoms with Crippen LogP contribution in [0.15, 0.2) is 48.5 Å². The highest BCUT2D eigenvalue weighted by molar-refractivity contribution is 14.1. The molecule has 2 aromatic rings. The predicted octanol–water partition coefficient (Wildman–Crippen LogP) is 4.49. The van der Waals surface area contributed by atoms with Crippen LogP contribution in [0.5, 0.6) is 0 Å². The Kier molecular flexibility index (Phi) is 8.77. The third-order valence-electron chi connectivity index (χ3n) is 3.53. The zero-order valence-electron chi connectivity index (χ0n) is 14.8. The molecule has 11 heteroatoms. The molecule has 1 amide bonds. The van der Waals surface area contributed by atoms with Gasteiger partial charge in [0.25, 0.3) is 5.91 Å². The van der Waals surface area contributed by atoms with Gasteiger partial charge < -0.3 is 20.7 Å². The van der Waals surface area contributed by atoms with E-state index in [1.807, 2.05) is 6.07 Å². The van der Waals surface area contributed by atoms with Gasteiger partial charge >= 0.3 is 5.97 Å². The molecule has 1 unspecified atom stereocenters. The van der Waals surface area contributed by atoms with Crippen LogP contribution in [0.2, 0.25) is 0 Å². The van der Waals surface area contributed by atoms with Gasteiger partial charge in [0.05, 0.1) is 12.7 Å². The molecule has 0 fully saturated rings. The maximum absolute atomic E-state index is 12.5. The zero-order valence-corrected chi connectivity index (χ0v) is 20.1. The molecule has 3 N–H and O–H groups in total. The van der Waals surface area contributed by atoms with Gasteiger partial charge in [-0.3, -0.25) is 4.79 Å². The van der Waals surface area contributed by atoms with E-state index in [0.717, 1.165) is 3.57 Å². The lowest BCUT2D eigenvalue weighted by Gasteiger charge is -2.27. The van der Waals surface area contributed by atoms with E-state index in [0.29, 0.717) is 16.8 Å². The number of carbonyl (C=O) groups is 2. The van der Waals surface area contributed by atoms with Crippen LogP contribution in [-0.4, -0.2) is 34.1 Å². The first-order chi connectivity index (χ1) is 13.6. The Morgan fingerprint density at radius 1 is 1.07 bits per heavy atom. The van der Waals surface area contributed by atoms with Gasteiger partial charge in [0, 0.05) is 14.8 Å². The number of benzene rings is 2. The quantitative estimate of drug-likeness (QED) is 0.158. The van der Waals surface area contributed by atoms with Gasteiger partial charge in [-0.25, -0.2) is 4.79 Å². The zero-order chi connectivity index (χ0) is 21.6. The van der Waals surface area contributed by atoms with Crippen LogP contribution in [-0.2, 0) is 4.74 Å². The van der Waals surface area contributed by atoms with Crippen molar-refractivity contribution in [1.82, 2.24) is 10.6 Å². The van der Waals surface area contributed by atoms with Gasteiger partial charge in [-0.15, -0.1) is 0 Å². The van der Waals surface area contributed by atoms with E-state index >= 15 is 0 Å². The van der Waals surface area contributed by atoms with Crippen molar-refractivity contribution >= 4 is 92.3 Å². The first kappa shape index (κ1) is 23.9. The number of nitrogens with one attached hydrogen (secondary N) is 3. The maximum atomic E-state index is 12.5. The molecule has 0 spiro atoms. The Bertz CT molecular complexity index is 907. The SMILES string of the molecule is COC(=O)c1ccc(NC(=S)NC(NC(=O)c2cccc(I)c2)C(Cl)(Cl)Cl)cc1. The molecule has 1 atom stereocenters. The van der Waals surface area contributed by atoms with Crippen LogP contribution < -0.4 is 16.0 Å². The highest BCUT2D eigenvalue weighted by atomic mass is 127. The first-order valence-corrected chi connectivity index (χ1v) is 10.6. The second kappa shape index (κ2) is 10.6. The molecule has 0 aromatic heterocycles. The predicted molar refractivity (Wildman–Crippen MR) is 128 cm³/mol. The maximum Gasteiger partial charge on any atom is 0.337 e. The second-order valence-corrected chi connectivity index (χ2v) is 9.65. The van der Waals surface area contributed by atoms with Crippen LogP contribution in [0.4, 0.5) is 5.69 Å². The Hall–Kier alpha value is -1.33. The molecule has 2 aromatic carbocycles. The van der Waals surface area contributed by atoms with E-state index in [1.54, 1.807) is 42.5 Å². The number of halogens is 4. The highest BCUT2D eigenvalue weighted by Crippen LogP contribution is 2.29. The molecule has 29 heavy (non-hydrogen) atoms. The minimum Gasteiger partial charge on any atom is -0.465 e. The van der Waals surface area contributed by atoms with Gasteiger partial charge in [0.1, 0.15) is 6.17 Å². The van der Waals surface area contributed by atoms with Gasteiger partial charge in [-0.1, -0.05) is 40.9 Å². The smallest absolute Gasteiger partial charge is 0.337 e. The van der Waals surface area contributed by atoms with Gasteiger partial charge in [0.2, 0.25) is 3.79 Å². The van der Waals surface area contributed by atoms with Crippen molar-refractivity contribution in [3.63, 3.8) is 0 Å².